The molecule has 0 spiro atoms. The third kappa shape index (κ3) is 4.34. The van der Waals surface area contributed by atoms with Crippen LogP contribution in [0.2, 0.25) is 5.02 Å². The van der Waals surface area contributed by atoms with Gasteiger partial charge in [-0.2, -0.15) is 0 Å². The molecule has 1 heterocycles. The summed E-state index contributed by atoms with van der Waals surface area (Å²) in [6.07, 6.45) is 0.0427. The third-order valence-corrected chi connectivity index (χ3v) is 5.09. The Morgan fingerprint density at radius 1 is 1.18 bits per heavy atom. The summed E-state index contributed by atoms with van der Waals surface area (Å²) in [6, 6.07) is 11.9. The summed E-state index contributed by atoms with van der Waals surface area (Å²) in [5.74, 6) is -1.03. The quantitative estimate of drug-likeness (QED) is 0.547. The van der Waals surface area contributed by atoms with Gasteiger partial charge in [-0.3, -0.25) is 14.4 Å². The number of methoxy groups -OCH3 is 1. The molecular formula is C21H20ClNO5. The molecule has 1 aliphatic heterocycles. The second-order valence-electron chi connectivity index (χ2n) is 6.60. The molecule has 0 saturated carbocycles. The predicted molar refractivity (Wildman–Crippen MR) is 105 cm³/mol. The number of hydrogen-bond acceptors (Lipinski definition) is 5. The lowest BCUT2D eigenvalue weighted by molar-refractivity contribution is -0.147. The zero-order chi connectivity index (χ0) is 20.3. The summed E-state index contributed by atoms with van der Waals surface area (Å²) >= 11 is 6.13. The smallest absolute Gasteiger partial charge is 0.311 e. The van der Waals surface area contributed by atoms with E-state index in [1.807, 2.05) is 13.0 Å². The van der Waals surface area contributed by atoms with Gasteiger partial charge in [0.2, 0.25) is 5.91 Å². The molecule has 28 heavy (non-hydrogen) atoms. The molecule has 0 unspecified atom stereocenters. The van der Waals surface area contributed by atoms with Crippen LogP contribution in [0.15, 0.2) is 42.5 Å². The molecule has 2 aromatic carbocycles. The number of ketones is 1. The third-order valence-electron chi connectivity index (χ3n) is 4.68. The maximum absolute atomic E-state index is 12.3. The van der Waals surface area contributed by atoms with Crippen LogP contribution in [0.5, 0.6) is 5.75 Å². The molecule has 2 aromatic rings. The molecule has 146 valence electrons. The first-order chi connectivity index (χ1) is 13.4. The van der Waals surface area contributed by atoms with E-state index < -0.39 is 11.9 Å². The number of rotatable bonds is 6. The van der Waals surface area contributed by atoms with Crippen molar-refractivity contribution in [2.24, 2.45) is 5.92 Å². The summed E-state index contributed by atoms with van der Waals surface area (Å²) in [7, 11) is 1.54. The number of carbonyl (C=O) groups is 3. The Morgan fingerprint density at radius 3 is 2.54 bits per heavy atom. The van der Waals surface area contributed by atoms with E-state index in [1.165, 1.54) is 12.0 Å². The summed E-state index contributed by atoms with van der Waals surface area (Å²) in [5, 5.41) is 0.557. The van der Waals surface area contributed by atoms with Gasteiger partial charge in [-0.15, -0.1) is 0 Å². The molecule has 1 atom stereocenters. The molecular weight excluding hydrogens is 382 g/mol. The molecule has 0 bridgehead atoms. The van der Waals surface area contributed by atoms with Crippen molar-refractivity contribution in [3.63, 3.8) is 0 Å². The van der Waals surface area contributed by atoms with E-state index in [-0.39, 0.29) is 31.3 Å². The zero-order valence-electron chi connectivity index (χ0n) is 15.6. The first kappa shape index (κ1) is 19.9. The van der Waals surface area contributed by atoms with Crippen LogP contribution in [0.3, 0.4) is 0 Å². The molecule has 0 aliphatic carbocycles. The summed E-state index contributed by atoms with van der Waals surface area (Å²) in [6.45, 7) is 1.71. The topological polar surface area (TPSA) is 72.9 Å². The summed E-state index contributed by atoms with van der Waals surface area (Å²) in [4.78, 5) is 38.3. The largest absolute Gasteiger partial charge is 0.497 e. The van der Waals surface area contributed by atoms with Gasteiger partial charge in [-0.05, 0) is 48.9 Å². The second-order valence-corrected chi connectivity index (χ2v) is 7.01. The minimum Gasteiger partial charge on any atom is -0.497 e. The van der Waals surface area contributed by atoms with Crippen LogP contribution < -0.4 is 9.64 Å². The van der Waals surface area contributed by atoms with Gasteiger partial charge in [-0.25, -0.2) is 0 Å². The number of anilines is 1. The van der Waals surface area contributed by atoms with Crippen LogP contribution in [-0.4, -0.2) is 37.9 Å². The number of nitrogens with zero attached hydrogens (tertiary/aromatic N) is 1. The average molecular weight is 402 g/mol. The predicted octanol–water partition coefficient (Wildman–Crippen LogP) is 3.44. The number of amides is 1. The number of aryl methyl sites for hydroxylation is 1. The minimum absolute atomic E-state index is 0.0427. The van der Waals surface area contributed by atoms with Crippen molar-refractivity contribution >= 4 is 34.9 Å². The molecule has 7 heteroatoms. The van der Waals surface area contributed by atoms with E-state index in [1.54, 1.807) is 36.4 Å². The molecule has 0 radical (unpaired) electrons. The molecule has 1 aliphatic rings. The Kier molecular flexibility index (Phi) is 5.99. The van der Waals surface area contributed by atoms with Gasteiger partial charge in [0.15, 0.2) is 12.4 Å². The highest BCUT2D eigenvalue weighted by atomic mass is 35.5. The van der Waals surface area contributed by atoms with E-state index in [9.17, 15) is 14.4 Å². The van der Waals surface area contributed by atoms with Crippen LogP contribution >= 0.6 is 11.6 Å². The molecule has 1 fully saturated rings. The van der Waals surface area contributed by atoms with Gasteiger partial charge < -0.3 is 14.4 Å². The Labute approximate surface area is 168 Å². The van der Waals surface area contributed by atoms with Crippen LogP contribution in [-0.2, 0) is 14.3 Å². The number of hydrogen-bond donors (Lipinski definition) is 0. The molecule has 1 saturated heterocycles. The minimum atomic E-state index is -0.615. The normalized spacial score (nSPS) is 16.2. The van der Waals surface area contributed by atoms with Crippen LogP contribution in [0.1, 0.15) is 22.3 Å². The highest BCUT2D eigenvalue weighted by Crippen LogP contribution is 2.29. The fourth-order valence-electron chi connectivity index (χ4n) is 2.98. The number of esters is 1. The first-order valence-electron chi connectivity index (χ1n) is 8.79. The summed E-state index contributed by atoms with van der Waals surface area (Å²) in [5.41, 5.74) is 1.97. The van der Waals surface area contributed by atoms with Gasteiger partial charge in [0.25, 0.3) is 0 Å². The Balaban J connectivity index is 1.58. The SMILES string of the molecule is COc1ccc(C(=O)COC(=O)[C@H]2CC(=O)N(c3ccc(C)c(Cl)c3)C2)cc1. The Morgan fingerprint density at radius 2 is 1.89 bits per heavy atom. The van der Waals surface area contributed by atoms with Crippen molar-refractivity contribution in [2.75, 3.05) is 25.2 Å². The lowest BCUT2D eigenvalue weighted by Gasteiger charge is -2.17. The Bertz CT molecular complexity index is 910. The first-order valence-corrected chi connectivity index (χ1v) is 9.17. The monoisotopic (exact) mass is 401 g/mol. The lowest BCUT2D eigenvalue weighted by Crippen LogP contribution is -2.27. The van der Waals surface area contributed by atoms with Crippen molar-refractivity contribution in [1.29, 1.82) is 0 Å². The van der Waals surface area contributed by atoms with Crippen LogP contribution in [0, 0.1) is 12.8 Å². The molecule has 3 rings (SSSR count). The lowest BCUT2D eigenvalue weighted by atomic mass is 10.1. The zero-order valence-corrected chi connectivity index (χ0v) is 16.4. The van der Waals surface area contributed by atoms with E-state index in [0.29, 0.717) is 22.0 Å². The number of carbonyl (C=O) groups excluding carboxylic acids is 3. The number of halogens is 1. The standard InChI is InChI=1S/C21H20ClNO5/c1-13-3-6-16(10-18(13)22)23-11-15(9-20(23)25)21(26)28-12-19(24)14-4-7-17(27-2)8-5-14/h3-8,10,15H,9,11-12H2,1-2H3/t15-/m0/s1. The van der Waals surface area contributed by atoms with Crippen molar-refractivity contribution in [3.8, 4) is 5.75 Å². The van der Waals surface area contributed by atoms with Gasteiger partial charge in [-0.1, -0.05) is 17.7 Å². The highest BCUT2D eigenvalue weighted by Gasteiger charge is 2.36. The van der Waals surface area contributed by atoms with Crippen molar-refractivity contribution < 1.29 is 23.9 Å². The molecule has 6 nitrogen and oxygen atoms in total. The summed E-state index contributed by atoms with van der Waals surface area (Å²) < 4.78 is 10.2. The fourth-order valence-corrected chi connectivity index (χ4v) is 3.15. The highest BCUT2D eigenvalue weighted by molar-refractivity contribution is 6.31. The van der Waals surface area contributed by atoms with Crippen molar-refractivity contribution in [3.05, 3.63) is 58.6 Å². The van der Waals surface area contributed by atoms with Gasteiger partial charge in [0, 0.05) is 29.2 Å². The van der Waals surface area contributed by atoms with Gasteiger partial charge in [0.05, 0.1) is 13.0 Å². The molecule has 1 amide bonds. The van der Waals surface area contributed by atoms with E-state index in [4.69, 9.17) is 21.1 Å². The molecule has 0 N–H and O–H groups in total. The number of Topliss-reactive ketones (excluding diaryl/α,β-unsaturated/α-hetero) is 1. The van der Waals surface area contributed by atoms with E-state index in [0.717, 1.165) is 5.56 Å². The molecule has 0 aromatic heterocycles. The van der Waals surface area contributed by atoms with Crippen molar-refractivity contribution in [2.45, 2.75) is 13.3 Å². The maximum Gasteiger partial charge on any atom is 0.311 e. The number of ether oxygens (including phenoxy) is 2. The van der Waals surface area contributed by atoms with E-state index in [2.05, 4.69) is 0 Å². The van der Waals surface area contributed by atoms with Crippen LogP contribution in [0.25, 0.3) is 0 Å². The van der Waals surface area contributed by atoms with Gasteiger partial charge >= 0.3 is 5.97 Å². The van der Waals surface area contributed by atoms with Crippen molar-refractivity contribution in [1.82, 2.24) is 0 Å². The van der Waals surface area contributed by atoms with Crippen LogP contribution in [0.4, 0.5) is 5.69 Å². The van der Waals surface area contributed by atoms with E-state index >= 15 is 0 Å². The fraction of sp³-hybridized carbons (Fsp3) is 0.286. The Hall–Kier alpha value is -2.86. The average Bonchev–Trinajstić information content (AvgIpc) is 3.09. The van der Waals surface area contributed by atoms with Gasteiger partial charge in [0.1, 0.15) is 5.75 Å². The maximum atomic E-state index is 12.3. The second kappa shape index (κ2) is 8.44. The number of benzene rings is 2.